The number of β-amino-alcohol motifs (C(OH)–C–C–N with tert-alkyl or cyclic N) is 1. The lowest BCUT2D eigenvalue weighted by atomic mass is 10.1. The third-order valence-corrected chi connectivity index (χ3v) is 7.46. The van der Waals surface area contributed by atoms with Gasteiger partial charge in [0.25, 0.3) is 5.91 Å². The van der Waals surface area contributed by atoms with Crippen LogP contribution >= 0.6 is 11.6 Å². The number of aliphatic hydroxyl groups excluding tert-OH is 1. The van der Waals surface area contributed by atoms with Gasteiger partial charge in [-0.1, -0.05) is 29.8 Å². The summed E-state index contributed by atoms with van der Waals surface area (Å²) in [4.78, 5) is 24.7. The van der Waals surface area contributed by atoms with E-state index in [1.54, 1.807) is 37.3 Å². The predicted octanol–water partition coefficient (Wildman–Crippen LogP) is 1.94. The number of hydrogen-bond acceptors (Lipinski definition) is 6. The van der Waals surface area contributed by atoms with Crippen LogP contribution in [0.4, 0.5) is 0 Å². The average molecular weight is 481 g/mol. The molecule has 1 heterocycles. The lowest BCUT2D eigenvalue weighted by Gasteiger charge is -2.22. The second-order valence-electron chi connectivity index (χ2n) is 7.74. The lowest BCUT2D eigenvalue weighted by molar-refractivity contribution is -0.151. The number of aryl methyl sites for hydroxylation is 2. The highest BCUT2D eigenvalue weighted by atomic mass is 35.5. The number of ether oxygens (including phenoxy) is 1. The summed E-state index contributed by atoms with van der Waals surface area (Å²) in [6, 6.07) is 10.4. The first-order valence-electron chi connectivity index (χ1n) is 10.0. The zero-order valence-electron chi connectivity index (χ0n) is 17.7. The Morgan fingerprint density at radius 1 is 1.16 bits per heavy atom. The van der Waals surface area contributed by atoms with Gasteiger partial charge >= 0.3 is 5.97 Å². The summed E-state index contributed by atoms with van der Waals surface area (Å²) in [5, 5.41) is 13.2. The molecular weight excluding hydrogens is 456 g/mol. The third-order valence-electron chi connectivity index (χ3n) is 5.34. The van der Waals surface area contributed by atoms with E-state index < -0.39 is 40.7 Å². The minimum absolute atomic E-state index is 0.0354. The van der Waals surface area contributed by atoms with Gasteiger partial charge in [0.2, 0.25) is 10.0 Å². The molecule has 172 valence electrons. The number of nitrogens with one attached hydrogen (secondary N) is 1. The minimum atomic E-state index is -4.03. The zero-order chi connectivity index (χ0) is 23.5. The molecule has 0 bridgehead atoms. The van der Waals surface area contributed by atoms with Crippen molar-refractivity contribution in [3.8, 4) is 0 Å². The summed E-state index contributed by atoms with van der Waals surface area (Å²) in [5.74, 6) is -1.41. The van der Waals surface area contributed by atoms with E-state index in [4.69, 9.17) is 16.3 Å². The largest absolute Gasteiger partial charge is 0.454 e. The van der Waals surface area contributed by atoms with Gasteiger partial charge in [-0.3, -0.25) is 9.59 Å². The quantitative estimate of drug-likeness (QED) is 0.585. The molecule has 0 aliphatic carbocycles. The zero-order valence-corrected chi connectivity index (χ0v) is 19.3. The fourth-order valence-electron chi connectivity index (χ4n) is 3.36. The van der Waals surface area contributed by atoms with Gasteiger partial charge in [0.1, 0.15) is 6.04 Å². The highest BCUT2D eigenvalue weighted by molar-refractivity contribution is 7.89. The maximum atomic E-state index is 13.1. The second-order valence-corrected chi connectivity index (χ2v) is 10.1. The lowest BCUT2D eigenvalue weighted by Crippen LogP contribution is -2.42. The summed E-state index contributed by atoms with van der Waals surface area (Å²) in [6.07, 6.45) is -1.11. The van der Waals surface area contributed by atoms with Crippen molar-refractivity contribution < 1.29 is 27.9 Å². The molecule has 1 amide bonds. The van der Waals surface area contributed by atoms with E-state index in [1.165, 1.54) is 12.1 Å². The molecule has 1 aliphatic rings. The smallest absolute Gasteiger partial charge is 0.325 e. The molecule has 10 heteroatoms. The van der Waals surface area contributed by atoms with Crippen LogP contribution in [0.1, 0.15) is 23.1 Å². The first-order chi connectivity index (χ1) is 15.1. The summed E-state index contributed by atoms with van der Waals surface area (Å²) >= 11 is 5.82. The molecule has 0 saturated carbocycles. The average Bonchev–Trinajstić information content (AvgIpc) is 3.16. The molecule has 3 rings (SSSR count). The number of benzene rings is 2. The summed E-state index contributed by atoms with van der Waals surface area (Å²) in [5.41, 5.74) is 2.55. The van der Waals surface area contributed by atoms with Crippen molar-refractivity contribution in [3.05, 3.63) is 64.2 Å². The number of hydrogen-bond donors (Lipinski definition) is 2. The van der Waals surface area contributed by atoms with Crippen LogP contribution in [0.2, 0.25) is 5.02 Å². The van der Waals surface area contributed by atoms with Crippen molar-refractivity contribution in [2.45, 2.75) is 43.9 Å². The van der Waals surface area contributed by atoms with Crippen LogP contribution < -0.4 is 5.32 Å². The number of amides is 1. The predicted molar refractivity (Wildman–Crippen MR) is 118 cm³/mol. The number of rotatable bonds is 7. The molecule has 0 radical (unpaired) electrons. The van der Waals surface area contributed by atoms with Crippen molar-refractivity contribution in [2.24, 2.45) is 0 Å². The SMILES string of the molecule is Cc1ccc(S(=O)(=O)N2CC(O)C[C@H]2C(=O)OCC(=O)NCc2ccc(Cl)cc2)cc1C. The Kier molecular flexibility index (Phi) is 7.55. The summed E-state index contributed by atoms with van der Waals surface area (Å²) < 4.78 is 32.2. The molecule has 8 nitrogen and oxygen atoms in total. The van der Waals surface area contributed by atoms with E-state index in [0.717, 1.165) is 21.0 Å². The van der Waals surface area contributed by atoms with Crippen molar-refractivity contribution in [3.63, 3.8) is 0 Å². The van der Waals surface area contributed by atoms with Gasteiger partial charge in [0.05, 0.1) is 11.0 Å². The third kappa shape index (κ3) is 5.66. The van der Waals surface area contributed by atoms with Gasteiger partial charge in [-0.15, -0.1) is 0 Å². The van der Waals surface area contributed by atoms with E-state index in [0.29, 0.717) is 5.02 Å². The Balaban J connectivity index is 1.62. The Labute approximate surface area is 192 Å². The first-order valence-corrected chi connectivity index (χ1v) is 11.8. The topological polar surface area (TPSA) is 113 Å². The van der Waals surface area contributed by atoms with Crippen molar-refractivity contribution in [1.82, 2.24) is 9.62 Å². The monoisotopic (exact) mass is 480 g/mol. The minimum Gasteiger partial charge on any atom is -0.454 e. The summed E-state index contributed by atoms with van der Waals surface area (Å²) in [7, 11) is -4.03. The molecule has 2 aromatic rings. The van der Waals surface area contributed by atoms with Crippen LogP contribution in [0.5, 0.6) is 0 Å². The van der Waals surface area contributed by atoms with Gasteiger partial charge in [-0.25, -0.2) is 8.42 Å². The number of carbonyl (C=O) groups excluding carboxylic acids is 2. The van der Waals surface area contributed by atoms with Crippen LogP contribution in [0, 0.1) is 13.8 Å². The number of nitrogens with zero attached hydrogens (tertiary/aromatic N) is 1. The van der Waals surface area contributed by atoms with Crippen LogP contribution in [-0.4, -0.2) is 55.0 Å². The van der Waals surface area contributed by atoms with Crippen LogP contribution in [0.3, 0.4) is 0 Å². The molecule has 0 spiro atoms. The fraction of sp³-hybridized carbons (Fsp3) is 0.364. The number of carbonyl (C=O) groups is 2. The van der Waals surface area contributed by atoms with E-state index in [1.807, 2.05) is 6.92 Å². The first kappa shape index (κ1) is 24.2. The van der Waals surface area contributed by atoms with Crippen LogP contribution in [-0.2, 0) is 30.9 Å². The maximum Gasteiger partial charge on any atom is 0.325 e. The van der Waals surface area contributed by atoms with Gasteiger partial charge in [-0.2, -0.15) is 4.31 Å². The molecule has 32 heavy (non-hydrogen) atoms. The van der Waals surface area contributed by atoms with Gasteiger partial charge in [0, 0.05) is 24.5 Å². The Hall–Kier alpha value is -2.46. The second kappa shape index (κ2) is 9.99. The highest BCUT2D eigenvalue weighted by Gasteiger charge is 2.44. The number of halogens is 1. The Bertz CT molecular complexity index is 1100. The molecule has 0 aromatic heterocycles. The number of esters is 1. The molecular formula is C22H25ClN2O6S. The van der Waals surface area contributed by atoms with E-state index >= 15 is 0 Å². The normalized spacial score (nSPS) is 19.0. The van der Waals surface area contributed by atoms with E-state index in [2.05, 4.69) is 5.32 Å². The van der Waals surface area contributed by atoms with E-state index in [-0.39, 0.29) is 24.4 Å². The van der Waals surface area contributed by atoms with Gasteiger partial charge in [0.15, 0.2) is 6.61 Å². The fourth-order valence-corrected chi connectivity index (χ4v) is 5.20. The Morgan fingerprint density at radius 3 is 2.50 bits per heavy atom. The van der Waals surface area contributed by atoms with Crippen LogP contribution in [0.15, 0.2) is 47.4 Å². The summed E-state index contributed by atoms with van der Waals surface area (Å²) in [6.45, 7) is 3.10. The van der Waals surface area contributed by atoms with Crippen molar-refractivity contribution >= 4 is 33.5 Å². The molecule has 1 aliphatic heterocycles. The standard InChI is InChI=1S/C22H25ClN2O6S/c1-14-3-8-19(9-15(14)2)32(29,30)25-12-18(26)10-20(25)22(28)31-13-21(27)24-11-16-4-6-17(23)7-5-16/h3-9,18,20,26H,10-13H2,1-2H3,(H,24,27)/t18?,20-/m0/s1. The molecule has 1 saturated heterocycles. The maximum absolute atomic E-state index is 13.1. The van der Waals surface area contributed by atoms with E-state index in [9.17, 15) is 23.1 Å². The molecule has 1 fully saturated rings. The van der Waals surface area contributed by atoms with Crippen molar-refractivity contribution in [2.75, 3.05) is 13.2 Å². The number of sulfonamides is 1. The van der Waals surface area contributed by atoms with Gasteiger partial charge in [-0.05, 0) is 54.8 Å². The van der Waals surface area contributed by atoms with Gasteiger partial charge < -0.3 is 15.2 Å². The molecule has 2 N–H and O–H groups in total. The molecule has 2 atom stereocenters. The van der Waals surface area contributed by atoms with Crippen LogP contribution in [0.25, 0.3) is 0 Å². The number of aliphatic hydroxyl groups is 1. The highest BCUT2D eigenvalue weighted by Crippen LogP contribution is 2.28. The molecule has 1 unspecified atom stereocenters. The molecule has 2 aromatic carbocycles. The Morgan fingerprint density at radius 2 is 1.84 bits per heavy atom. The van der Waals surface area contributed by atoms with Crippen molar-refractivity contribution in [1.29, 1.82) is 0 Å².